The summed E-state index contributed by atoms with van der Waals surface area (Å²) < 4.78 is 0. The predicted octanol–water partition coefficient (Wildman–Crippen LogP) is 2.25. The first-order valence-electron chi connectivity index (χ1n) is 8.57. The minimum absolute atomic E-state index is 0.215. The zero-order chi connectivity index (χ0) is 17.4. The number of carboxylic acids is 1. The van der Waals surface area contributed by atoms with Crippen molar-refractivity contribution in [1.29, 1.82) is 0 Å². The highest BCUT2D eigenvalue weighted by molar-refractivity contribution is 5.74. The van der Waals surface area contributed by atoms with E-state index in [0.717, 1.165) is 36.8 Å². The Morgan fingerprint density at radius 2 is 1.71 bits per heavy atom. The standard InChI is InChI=1S/C18H26N2O4/c21-16(20-24)11-10-13-6-8-14(9-7-13)12-19-17(18(22)23)15-4-2-1-3-5-15/h6-9,15,17,19,24H,1-5,10-12H2,(H,20,21)(H,22,23). The fourth-order valence-corrected chi connectivity index (χ4v) is 3.29. The summed E-state index contributed by atoms with van der Waals surface area (Å²) >= 11 is 0. The highest BCUT2D eigenvalue weighted by atomic mass is 16.5. The third kappa shape index (κ3) is 5.62. The highest BCUT2D eigenvalue weighted by Crippen LogP contribution is 2.26. The number of amides is 1. The average molecular weight is 334 g/mol. The van der Waals surface area contributed by atoms with Gasteiger partial charge in [0.05, 0.1) is 0 Å². The Morgan fingerprint density at radius 3 is 2.29 bits per heavy atom. The minimum Gasteiger partial charge on any atom is -0.480 e. The van der Waals surface area contributed by atoms with E-state index in [1.807, 2.05) is 24.3 Å². The van der Waals surface area contributed by atoms with E-state index in [1.54, 1.807) is 5.48 Å². The number of aliphatic carboxylic acids is 1. The van der Waals surface area contributed by atoms with Gasteiger partial charge in [0.25, 0.3) is 0 Å². The summed E-state index contributed by atoms with van der Waals surface area (Å²) in [6, 6.07) is 7.26. The van der Waals surface area contributed by atoms with Crippen LogP contribution in [0.1, 0.15) is 49.7 Å². The molecule has 2 rings (SSSR count). The van der Waals surface area contributed by atoms with Gasteiger partial charge in [0.1, 0.15) is 6.04 Å². The summed E-state index contributed by atoms with van der Waals surface area (Å²) in [6.45, 7) is 0.519. The van der Waals surface area contributed by atoms with Gasteiger partial charge in [-0.1, -0.05) is 43.5 Å². The molecule has 1 aromatic carbocycles. The second-order valence-corrected chi connectivity index (χ2v) is 6.45. The minimum atomic E-state index is -0.770. The lowest BCUT2D eigenvalue weighted by molar-refractivity contribution is -0.141. The maximum absolute atomic E-state index is 11.5. The molecule has 0 bridgehead atoms. The fourth-order valence-electron chi connectivity index (χ4n) is 3.29. The largest absolute Gasteiger partial charge is 0.480 e. The van der Waals surface area contributed by atoms with Gasteiger partial charge in [-0.3, -0.25) is 14.8 Å². The van der Waals surface area contributed by atoms with Crippen molar-refractivity contribution >= 4 is 11.9 Å². The van der Waals surface area contributed by atoms with Crippen LogP contribution in [0.2, 0.25) is 0 Å². The Labute approximate surface area is 142 Å². The van der Waals surface area contributed by atoms with Crippen molar-refractivity contribution in [3.63, 3.8) is 0 Å². The number of carbonyl (C=O) groups excluding carboxylic acids is 1. The molecule has 1 aliphatic carbocycles. The lowest BCUT2D eigenvalue weighted by Crippen LogP contribution is -2.43. The molecule has 1 amide bonds. The van der Waals surface area contributed by atoms with Crippen molar-refractivity contribution in [2.45, 2.75) is 57.5 Å². The number of aryl methyl sites for hydroxylation is 1. The molecule has 1 unspecified atom stereocenters. The van der Waals surface area contributed by atoms with Gasteiger partial charge in [0.2, 0.25) is 5.91 Å². The first-order chi connectivity index (χ1) is 11.6. The van der Waals surface area contributed by atoms with Gasteiger partial charge in [-0.05, 0) is 36.3 Å². The zero-order valence-electron chi connectivity index (χ0n) is 13.8. The second-order valence-electron chi connectivity index (χ2n) is 6.45. The van der Waals surface area contributed by atoms with Crippen molar-refractivity contribution in [1.82, 2.24) is 10.8 Å². The average Bonchev–Trinajstić information content (AvgIpc) is 2.61. The highest BCUT2D eigenvalue weighted by Gasteiger charge is 2.28. The van der Waals surface area contributed by atoms with Crippen molar-refractivity contribution in [3.05, 3.63) is 35.4 Å². The molecule has 0 heterocycles. The van der Waals surface area contributed by atoms with Crippen LogP contribution in [0.25, 0.3) is 0 Å². The summed E-state index contributed by atoms with van der Waals surface area (Å²) in [4.78, 5) is 22.5. The molecular weight excluding hydrogens is 308 g/mol. The van der Waals surface area contributed by atoms with E-state index in [4.69, 9.17) is 5.21 Å². The molecule has 1 aromatic rings. The van der Waals surface area contributed by atoms with Gasteiger partial charge in [0, 0.05) is 13.0 Å². The van der Waals surface area contributed by atoms with Crippen molar-refractivity contribution in [3.8, 4) is 0 Å². The monoisotopic (exact) mass is 334 g/mol. The first-order valence-corrected chi connectivity index (χ1v) is 8.57. The third-order valence-electron chi connectivity index (χ3n) is 4.70. The third-order valence-corrected chi connectivity index (χ3v) is 4.70. The molecule has 132 valence electrons. The lowest BCUT2D eigenvalue weighted by Gasteiger charge is -2.28. The van der Waals surface area contributed by atoms with E-state index in [2.05, 4.69) is 5.32 Å². The van der Waals surface area contributed by atoms with Gasteiger partial charge in [-0.2, -0.15) is 0 Å². The fraction of sp³-hybridized carbons (Fsp3) is 0.556. The Bertz CT molecular complexity index is 538. The molecule has 1 fully saturated rings. The number of rotatable bonds is 8. The number of hydroxylamine groups is 1. The van der Waals surface area contributed by atoms with Crippen LogP contribution >= 0.6 is 0 Å². The number of hydrogen-bond donors (Lipinski definition) is 4. The van der Waals surface area contributed by atoms with Crippen molar-refractivity contribution in [2.24, 2.45) is 5.92 Å². The van der Waals surface area contributed by atoms with Crippen LogP contribution in [0.5, 0.6) is 0 Å². The Kier molecular flexibility index (Phi) is 7.21. The second kappa shape index (κ2) is 9.39. The number of benzene rings is 1. The quantitative estimate of drug-likeness (QED) is 0.432. The van der Waals surface area contributed by atoms with Crippen LogP contribution in [-0.2, 0) is 22.6 Å². The molecule has 0 radical (unpaired) electrons. The summed E-state index contributed by atoms with van der Waals surface area (Å²) in [7, 11) is 0. The first kappa shape index (κ1) is 18.4. The molecule has 1 atom stereocenters. The van der Waals surface area contributed by atoms with Gasteiger partial charge >= 0.3 is 5.97 Å². The molecule has 1 aliphatic rings. The number of carboxylic acid groups (broad SMARTS) is 1. The van der Waals surface area contributed by atoms with Crippen LogP contribution in [0, 0.1) is 5.92 Å². The SMILES string of the molecule is O=C(CCc1ccc(CNC(C(=O)O)C2CCCCC2)cc1)NO. The molecule has 0 aromatic heterocycles. The molecule has 6 heteroatoms. The van der Waals surface area contributed by atoms with Crippen molar-refractivity contribution < 1.29 is 19.9 Å². The molecule has 1 saturated carbocycles. The Morgan fingerprint density at radius 1 is 1.08 bits per heavy atom. The van der Waals surface area contributed by atoms with E-state index in [9.17, 15) is 14.7 Å². The molecule has 24 heavy (non-hydrogen) atoms. The van der Waals surface area contributed by atoms with Crippen molar-refractivity contribution in [2.75, 3.05) is 0 Å². The number of carbonyl (C=O) groups is 2. The van der Waals surface area contributed by atoms with Gasteiger partial charge in [-0.15, -0.1) is 0 Å². The normalized spacial score (nSPS) is 16.5. The molecule has 6 nitrogen and oxygen atoms in total. The van der Waals surface area contributed by atoms with E-state index in [-0.39, 0.29) is 12.3 Å². The number of nitrogens with one attached hydrogen (secondary N) is 2. The number of hydrogen-bond acceptors (Lipinski definition) is 4. The maximum Gasteiger partial charge on any atom is 0.320 e. The molecular formula is C18H26N2O4. The van der Waals surface area contributed by atoms with Crippen LogP contribution < -0.4 is 10.8 Å². The predicted molar refractivity (Wildman–Crippen MR) is 89.5 cm³/mol. The molecule has 0 spiro atoms. The van der Waals surface area contributed by atoms with Gasteiger partial charge < -0.3 is 10.4 Å². The topological polar surface area (TPSA) is 98.7 Å². The van der Waals surface area contributed by atoms with Crippen LogP contribution in [-0.4, -0.2) is 28.2 Å². The van der Waals surface area contributed by atoms with Crippen LogP contribution in [0.15, 0.2) is 24.3 Å². The van der Waals surface area contributed by atoms with E-state index in [0.29, 0.717) is 13.0 Å². The zero-order valence-corrected chi connectivity index (χ0v) is 13.8. The van der Waals surface area contributed by atoms with E-state index in [1.165, 1.54) is 6.42 Å². The van der Waals surface area contributed by atoms with Crippen LogP contribution in [0.4, 0.5) is 0 Å². The maximum atomic E-state index is 11.5. The molecule has 0 aliphatic heterocycles. The summed E-state index contributed by atoms with van der Waals surface area (Å²) in [5.41, 5.74) is 3.64. The lowest BCUT2D eigenvalue weighted by atomic mass is 9.84. The van der Waals surface area contributed by atoms with Crippen LogP contribution in [0.3, 0.4) is 0 Å². The summed E-state index contributed by atoms with van der Waals surface area (Å²) in [6.07, 6.45) is 6.19. The van der Waals surface area contributed by atoms with E-state index >= 15 is 0 Å². The van der Waals surface area contributed by atoms with Gasteiger partial charge in [-0.25, -0.2) is 5.48 Å². The Hall–Kier alpha value is -1.92. The van der Waals surface area contributed by atoms with Gasteiger partial charge in [0.15, 0.2) is 0 Å². The smallest absolute Gasteiger partial charge is 0.320 e. The summed E-state index contributed by atoms with van der Waals surface area (Å²) in [5.74, 6) is -0.960. The van der Waals surface area contributed by atoms with E-state index < -0.39 is 17.9 Å². The Balaban J connectivity index is 1.85. The molecule has 4 N–H and O–H groups in total. The summed E-state index contributed by atoms with van der Waals surface area (Å²) in [5, 5.41) is 21.1. The molecule has 0 saturated heterocycles.